The van der Waals surface area contributed by atoms with Gasteiger partial charge >= 0.3 is 0 Å². The summed E-state index contributed by atoms with van der Waals surface area (Å²) in [7, 11) is 3.99. The number of para-hydroxylation sites is 1. The first kappa shape index (κ1) is 25.6. The van der Waals surface area contributed by atoms with Crippen LogP contribution >= 0.6 is 0 Å². The molecule has 196 valence electrons. The molecule has 0 aliphatic heterocycles. The molecule has 0 saturated carbocycles. The molecule has 0 saturated heterocycles. The molecule has 0 atom stereocenters. The number of fused-ring (bicyclic) bond motifs is 1. The number of amides is 1. The van der Waals surface area contributed by atoms with Gasteiger partial charge in [-0.15, -0.1) is 0 Å². The number of anilines is 6. The number of hydrogen-bond donors (Lipinski definition) is 4. The molecule has 1 amide bonds. The van der Waals surface area contributed by atoms with E-state index in [4.69, 9.17) is 5.73 Å². The zero-order chi connectivity index (χ0) is 27.4. The Hall–Kier alpha value is -5.02. The van der Waals surface area contributed by atoms with Gasteiger partial charge < -0.3 is 26.6 Å². The number of nitrogens with zero attached hydrogens (tertiary/aromatic N) is 4. The fourth-order valence-electron chi connectivity index (χ4n) is 4.40. The summed E-state index contributed by atoms with van der Waals surface area (Å²) in [6, 6.07) is 24.9. The van der Waals surface area contributed by atoms with Crippen molar-refractivity contribution in [2.24, 2.45) is 0 Å². The second-order valence-electron chi connectivity index (χ2n) is 9.57. The maximum Gasteiger partial charge on any atom is 0.255 e. The third kappa shape index (κ3) is 6.46. The molecule has 0 radical (unpaired) electrons. The molecule has 0 bridgehead atoms. The molecule has 5 aromatic rings. The Morgan fingerprint density at radius 2 is 1.69 bits per heavy atom. The number of pyridine rings is 1. The van der Waals surface area contributed by atoms with Crippen molar-refractivity contribution in [3.63, 3.8) is 0 Å². The van der Waals surface area contributed by atoms with E-state index in [2.05, 4.69) is 35.8 Å². The highest BCUT2D eigenvalue weighted by molar-refractivity contribution is 6.05. The van der Waals surface area contributed by atoms with E-state index < -0.39 is 0 Å². The van der Waals surface area contributed by atoms with E-state index in [9.17, 15) is 4.79 Å². The topological polar surface area (TPSA) is 121 Å². The molecule has 5 N–H and O–H groups in total. The van der Waals surface area contributed by atoms with Crippen molar-refractivity contribution in [2.45, 2.75) is 13.5 Å². The SMILES string of the molecule is Cc1cc(Nc2cc(CN(C)C)cc(NC(=O)c3cccc(Nc4ccnc5ccccc45)c3)c2)nc(N)n1. The molecule has 2 heterocycles. The maximum absolute atomic E-state index is 13.3. The molecule has 3 aromatic carbocycles. The Morgan fingerprint density at radius 3 is 2.51 bits per heavy atom. The lowest BCUT2D eigenvalue weighted by Crippen LogP contribution is -2.14. The molecule has 0 spiro atoms. The predicted molar refractivity (Wildman–Crippen MR) is 158 cm³/mol. The van der Waals surface area contributed by atoms with Crippen LogP contribution in [-0.2, 0) is 6.54 Å². The normalized spacial score (nSPS) is 11.0. The van der Waals surface area contributed by atoms with Gasteiger partial charge in [-0.3, -0.25) is 9.78 Å². The first-order valence-corrected chi connectivity index (χ1v) is 12.5. The van der Waals surface area contributed by atoms with Crippen molar-refractivity contribution < 1.29 is 4.79 Å². The zero-order valence-corrected chi connectivity index (χ0v) is 22.1. The van der Waals surface area contributed by atoms with Gasteiger partial charge in [0, 0.05) is 58.2 Å². The van der Waals surface area contributed by atoms with Crippen molar-refractivity contribution >= 4 is 51.3 Å². The van der Waals surface area contributed by atoms with Crippen molar-refractivity contribution in [1.29, 1.82) is 0 Å². The van der Waals surface area contributed by atoms with Crippen LogP contribution in [0.2, 0.25) is 0 Å². The summed E-state index contributed by atoms with van der Waals surface area (Å²) in [6.45, 7) is 2.56. The Kier molecular flexibility index (Phi) is 7.33. The number of aromatic nitrogens is 3. The number of nitrogens with two attached hydrogens (primary N) is 1. The Bertz CT molecular complexity index is 1620. The molecular weight excluding hydrogens is 488 g/mol. The molecule has 9 nitrogen and oxygen atoms in total. The summed E-state index contributed by atoms with van der Waals surface area (Å²) in [5.41, 5.74) is 12.2. The van der Waals surface area contributed by atoms with E-state index in [1.165, 1.54) is 0 Å². The van der Waals surface area contributed by atoms with Crippen molar-refractivity contribution in [3.05, 3.63) is 102 Å². The number of carbonyl (C=O) groups is 1. The zero-order valence-electron chi connectivity index (χ0n) is 22.1. The summed E-state index contributed by atoms with van der Waals surface area (Å²) < 4.78 is 0. The summed E-state index contributed by atoms with van der Waals surface area (Å²) in [5, 5.41) is 10.8. The molecule has 0 aliphatic carbocycles. The van der Waals surface area contributed by atoms with E-state index in [0.717, 1.165) is 39.2 Å². The largest absolute Gasteiger partial charge is 0.368 e. The van der Waals surface area contributed by atoms with Gasteiger partial charge in [-0.1, -0.05) is 24.3 Å². The molecule has 0 fully saturated rings. The first-order valence-electron chi connectivity index (χ1n) is 12.5. The fourth-order valence-corrected chi connectivity index (χ4v) is 4.40. The van der Waals surface area contributed by atoms with Crippen LogP contribution in [0.3, 0.4) is 0 Å². The minimum atomic E-state index is -0.215. The number of hydrogen-bond acceptors (Lipinski definition) is 8. The number of nitrogen functional groups attached to an aromatic ring is 1. The summed E-state index contributed by atoms with van der Waals surface area (Å²) in [4.78, 5) is 28.2. The highest BCUT2D eigenvalue weighted by Gasteiger charge is 2.11. The quantitative estimate of drug-likeness (QED) is 0.206. The smallest absolute Gasteiger partial charge is 0.255 e. The number of benzene rings is 3. The Balaban J connectivity index is 1.38. The molecule has 0 aliphatic rings. The van der Waals surface area contributed by atoms with Crippen LogP contribution < -0.4 is 21.7 Å². The van der Waals surface area contributed by atoms with Crippen molar-refractivity contribution in [1.82, 2.24) is 19.9 Å². The second kappa shape index (κ2) is 11.2. The van der Waals surface area contributed by atoms with Gasteiger partial charge in [0.2, 0.25) is 5.95 Å². The summed E-state index contributed by atoms with van der Waals surface area (Å²) in [6.07, 6.45) is 1.77. The first-order chi connectivity index (χ1) is 18.8. The predicted octanol–water partition coefficient (Wildman–Crippen LogP) is 5.72. The van der Waals surface area contributed by atoms with Gasteiger partial charge in [0.25, 0.3) is 5.91 Å². The van der Waals surface area contributed by atoms with Gasteiger partial charge in [0.05, 0.1) is 5.52 Å². The summed E-state index contributed by atoms with van der Waals surface area (Å²) >= 11 is 0. The van der Waals surface area contributed by atoms with E-state index >= 15 is 0 Å². The molecule has 0 unspecified atom stereocenters. The van der Waals surface area contributed by atoms with Crippen molar-refractivity contribution in [3.8, 4) is 0 Å². The van der Waals surface area contributed by atoms with E-state index in [0.29, 0.717) is 23.6 Å². The Labute approximate surface area is 227 Å². The van der Waals surface area contributed by atoms with Gasteiger partial charge in [-0.25, -0.2) is 4.98 Å². The molecule has 9 heteroatoms. The lowest BCUT2D eigenvalue weighted by Gasteiger charge is -2.16. The number of aryl methyl sites for hydroxylation is 1. The lowest BCUT2D eigenvalue weighted by atomic mass is 10.1. The van der Waals surface area contributed by atoms with Crippen LogP contribution in [0.5, 0.6) is 0 Å². The van der Waals surface area contributed by atoms with Gasteiger partial charge in [-0.05, 0) is 75.1 Å². The molecular formula is C30H30N8O. The van der Waals surface area contributed by atoms with Gasteiger partial charge in [-0.2, -0.15) is 4.98 Å². The molecule has 5 rings (SSSR count). The average Bonchev–Trinajstić information content (AvgIpc) is 2.88. The molecule has 39 heavy (non-hydrogen) atoms. The Morgan fingerprint density at radius 1 is 0.872 bits per heavy atom. The summed E-state index contributed by atoms with van der Waals surface area (Å²) in [5.74, 6) is 0.568. The van der Waals surface area contributed by atoms with Gasteiger partial charge in [0.15, 0.2) is 0 Å². The second-order valence-corrected chi connectivity index (χ2v) is 9.57. The van der Waals surface area contributed by atoms with Crippen LogP contribution in [0.15, 0.2) is 85.1 Å². The fraction of sp³-hybridized carbons (Fsp3) is 0.133. The van der Waals surface area contributed by atoms with E-state index in [1.807, 2.05) is 93.8 Å². The number of carbonyl (C=O) groups excluding carboxylic acids is 1. The average molecular weight is 519 g/mol. The standard InChI is InChI=1S/C30H30N8O/c1-19-13-28(37-30(31)33-19)35-23-14-20(18-38(2)3)15-24(17-23)36-29(39)21-7-6-8-22(16-21)34-27-11-12-32-26-10-5-4-9-25(26)27/h4-17H,18H2,1-3H3,(H,32,34)(H,36,39)(H3,31,33,35,37). The van der Waals surface area contributed by atoms with Gasteiger partial charge in [0.1, 0.15) is 5.82 Å². The number of rotatable bonds is 8. The lowest BCUT2D eigenvalue weighted by molar-refractivity contribution is 0.102. The van der Waals surface area contributed by atoms with Crippen LogP contribution in [0.25, 0.3) is 10.9 Å². The maximum atomic E-state index is 13.3. The monoisotopic (exact) mass is 518 g/mol. The third-order valence-corrected chi connectivity index (χ3v) is 5.95. The van der Waals surface area contributed by atoms with Crippen LogP contribution in [-0.4, -0.2) is 39.9 Å². The van der Waals surface area contributed by atoms with Crippen molar-refractivity contribution in [2.75, 3.05) is 35.8 Å². The highest BCUT2D eigenvalue weighted by atomic mass is 16.1. The number of nitrogens with one attached hydrogen (secondary N) is 3. The highest BCUT2D eigenvalue weighted by Crippen LogP contribution is 2.27. The van der Waals surface area contributed by atoms with Crippen LogP contribution in [0.1, 0.15) is 21.6 Å². The van der Waals surface area contributed by atoms with Crippen LogP contribution in [0.4, 0.5) is 34.5 Å². The minimum Gasteiger partial charge on any atom is -0.368 e. The van der Waals surface area contributed by atoms with Crippen LogP contribution in [0, 0.1) is 6.92 Å². The van der Waals surface area contributed by atoms with E-state index in [-0.39, 0.29) is 11.9 Å². The minimum absolute atomic E-state index is 0.198. The third-order valence-electron chi connectivity index (χ3n) is 5.95. The molecule has 2 aromatic heterocycles. The van der Waals surface area contributed by atoms with E-state index in [1.54, 1.807) is 12.3 Å².